The molecule has 0 unspecified atom stereocenters. The zero-order valence-corrected chi connectivity index (χ0v) is 30.2. The molecule has 0 radical (unpaired) electrons. The zero-order valence-electron chi connectivity index (χ0n) is 30.2. The van der Waals surface area contributed by atoms with Crippen LogP contribution in [0, 0.1) is 0 Å². The van der Waals surface area contributed by atoms with Crippen molar-refractivity contribution in [1.29, 1.82) is 0 Å². The minimum absolute atomic E-state index is 0.0936. The summed E-state index contributed by atoms with van der Waals surface area (Å²) in [4.78, 5) is 0. The smallest absolute Gasteiger partial charge is 0.0171 e. The molecule has 248 valence electrons. The highest BCUT2D eigenvalue weighted by atomic mass is 14.4. The van der Waals surface area contributed by atoms with Crippen molar-refractivity contribution in [3.63, 3.8) is 0 Å². The Labute approximate surface area is 306 Å². The molecule has 0 fully saturated rings. The summed E-state index contributed by atoms with van der Waals surface area (Å²) < 4.78 is 0. The summed E-state index contributed by atoms with van der Waals surface area (Å²) in [6.45, 7) is 9.41. The fourth-order valence-electron chi connectivity index (χ4n) is 8.99. The first-order chi connectivity index (χ1) is 25.3. The largest absolute Gasteiger partial charge is 0.0616 e. The summed E-state index contributed by atoms with van der Waals surface area (Å²) in [5.41, 5.74) is 14.4. The lowest BCUT2D eigenvalue weighted by atomic mass is 9.78. The molecule has 0 heterocycles. The number of hydrogen-bond acceptors (Lipinski definition) is 0. The van der Waals surface area contributed by atoms with E-state index in [0.717, 1.165) is 0 Å². The molecule has 0 spiro atoms. The molecule has 0 amide bonds. The molecule has 0 bridgehead atoms. The summed E-state index contributed by atoms with van der Waals surface area (Å²) >= 11 is 0. The van der Waals surface area contributed by atoms with Crippen molar-refractivity contribution >= 4 is 43.1 Å². The summed E-state index contributed by atoms with van der Waals surface area (Å²) in [5, 5.41) is 10.4. The molecular weight excluding hydrogens is 625 g/mol. The van der Waals surface area contributed by atoms with Gasteiger partial charge in [0.05, 0.1) is 0 Å². The van der Waals surface area contributed by atoms with Crippen LogP contribution in [-0.4, -0.2) is 0 Å². The minimum Gasteiger partial charge on any atom is -0.0616 e. The number of benzene rings is 9. The Balaban J connectivity index is 1.04. The summed E-state index contributed by atoms with van der Waals surface area (Å²) in [7, 11) is 0. The normalized spacial score (nSPS) is 13.3. The van der Waals surface area contributed by atoms with Gasteiger partial charge in [0.1, 0.15) is 0 Å². The number of rotatable bonds is 4. The molecule has 0 nitrogen and oxygen atoms in total. The van der Waals surface area contributed by atoms with Crippen molar-refractivity contribution in [3.8, 4) is 44.5 Å². The Morgan fingerprint density at radius 1 is 0.346 bits per heavy atom. The quantitative estimate of drug-likeness (QED) is 0.176. The topological polar surface area (TPSA) is 0 Å². The standard InChI is InChI=1S/C52H40/c1-32(2)43-29-44(40-18-17-38-26-37(15-16-39(38)27-40)36-14-13-33-9-5-6-11-35(33)25-36)31-45(30-43)41-20-22-47-42(28-41)21-24-49-48-23-19-34-10-7-8-12-46(34)50(48)52(3,4)51(47)49/h5-32H,1-4H3. The summed E-state index contributed by atoms with van der Waals surface area (Å²) in [6.07, 6.45) is 0. The van der Waals surface area contributed by atoms with Crippen molar-refractivity contribution in [2.45, 2.75) is 39.0 Å². The number of fused-ring (bicyclic) bond motifs is 9. The molecule has 0 heteroatoms. The van der Waals surface area contributed by atoms with E-state index in [1.807, 2.05) is 0 Å². The highest BCUT2D eigenvalue weighted by Gasteiger charge is 2.38. The van der Waals surface area contributed by atoms with E-state index in [0.29, 0.717) is 5.92 Å². The average molecular weight is 665 g/mol. The molecule has 0 aliphatic heterocycles. The van der Waals surface area contributed by atoms with Crippen LogP contribution in [0.1, 0.15) is 50.3 Å². The van der Waals surface area contributed by atoms with Crippen molar-refractivity contribution in [3.05, 3.63) is 180 Å². The predicted molar refractivity (Wildman–Crippen MR) is 224 cm³/mol. The molecule has 0 saturated carbocycles. The SMILES string of the molecule is CC(C)c1cc(-c2ccc3cc(-c4ccc5ccccc5c4)ccc3c2)cc(-c2ccc3c4c(ccc3c2)-c2ccc3ccccc3c2C4(C)C)c1. The third-order valence-electron chi connectivity index (χ3n) is 11.7. The fourth-order valence-corrected chi connectivity index (χ4v) is 8.99. The van der Waals surface area contributed by atoms with Gasteiger partial charge in [0, 0.05) is 5.41 Å². The molecule has 0 atom stereocenters. The molecule has 1 aliphatic carbocycles. The Kier molecular flexibility index (Phi) is 6.83. The highest BCUT2D eigenvalue weighted by Crippen LogP contribution is 2.53. The van der Waals surface area contributed by atoms with Crippen LogP contribution in [0.5, 0.6) is 0 Å². The van der Waals surface area contributed by atoms with Gasteiger partial charge >= 0.3 is 0 Å². The van der Waals surface area contributed by atoms with Gasteiger partial charge in [-0.1, -0.05) is 161 Å². The van der Waals surface area contributed by atoms with Gasteiger partial charge in [-0.05, 0) is 141 Å². The van der Waals surface area contributed by atoms with Crippen LogP contribution in [0.2, 0.25) is 0 Å². The molecule has 1 aliphatic rings. The van der Waals surface area contributed by atoms with Crippen LogP contribution >= 0.6 is 0 Å². The third kappa shape index (κ3) is 4.82. The van der Waals surface area contributed by atoms with E-state index in [2.05, 4.69) is 191 Å². The first-order valence-electron chi connectivity index (χ1n) is 18.6. The first kappa shape index (κ1) is 30.8. The maximum Gasteiger partial charge on any atom is 0.0171 e. The Morgan fingerprint density at radius 3 is 1.38 bits per heavy atom. The van der Waals surface area contributed by atoms with E-state index in [-0.39, 0.29) is 5.41 Å². The molecule has 9 aromatic carbocycles. The van der Waals surface area contributed by atoms with Crippen LogP contribution < -0.4 is 0 Å². The first-order valence-corrected chi connectivity index (χ1v) is 18.6. The molecule has 52 heavy (non-hydrogen) atoms. The third-order valence-corrected chi connectivity index (χ3v) is 11.7. The van der Waals surface area contributed by atoms with Gasteiger partial charge in [0.2, 0.25) is 0 Å². The van der Waals surface area contributed by atoms with Gasteiger partial charge in [-0.25, -0.2) is 0 Å². The molecule has 0 N–H and O–H groups in total. The second kappa shape index (κ2) is 11.5. The fraction of sp³-hybridized carbons (Fsp3) is 0.115. The van der Waals surface area contributed by atoms with E-state index in [4.69, 9.17) is 0 Å². The van der Waals surface area contributed by atoms with Crippen LogP contribution in [-0.2, 0) is 5.41 Å². The Hall–Kier alpha value is -5.98. The minimum atomic E-state index is -0.0936. The van der Waals surface area contributed by atoms with Crippen molar-refractivity contribution in [2.24, 2.45) is 0 Å². The van der Waals surface area contributed by atoms with Crippen molar-refractivity contribution < 1.29 is 0 Å². The molecular formula is C52H40. The van der Waals surface area contributed by atoms with Gasteiger partial charge in [-0.3, -0.25) is 0 Å². The van der Waals surface area contributed by atoms with Crippen LogP contribution in [0.25, 0.3) is 87.6 Å². The second-order valence-electron chi connectivity index (χ2n) is 15.6. The maximum atomic E-state index is 2.41. The lowest BCUT2D eigenvalue weighted by molar-refractivity contribution is 0.672. The summed E-state index contributed by atoms with van der Waals surface area (Å²) in [6, 6.07) is 61.6. The van der Waals surface area contributed by atoms with E-state index in [1.54, 1.807) is 0 Å². The molecule has 9 aromatic rings. The van der Waals surface area contributed by atoms with E-state index in [1.165, 1.54) is 104 Å². The predicted octanol–water partition coefficient (Wildman–Crippen LogP) is 14.7. The lowest BCUT2D eigenvalue weighted by Gasteiger charge is -2.25. The van der Waals surface area contributed by atoms with Crippen LogP contribution in [0.4, 0.5) is 0 Å². The maximum absolute atomic E-state index is 2.41. The summed E-state index contributed by atoms with van der Waals surface area (Å²) in [5.74, 6) is 0.418. The highest BCUT2D eigenvalue weighted by molar-refractivity contribution is 6.04. The average Bonchev–Trinajstić information content (AvgIpc) is 3.43. The van der Waals surface area contributed by atoms with Crippen molar-refractivity contribution in [1.82, 2.24) is 0 Å². The zero-order chi connectivity index (χ0) is 35.1. The van der Waals surface area contributed by atoms with Crippen molar-refractivity contribution in [2.75, 3.05) is 0 Å². The molecule has 0 saturated heterocycles. The van der Waals surface area contributed by atoms with Gasteiger partial charge < -0.3 is 0 Å². The van der Waals surface area contributed by atoms with Gasteiger partial charge in [0.25, 0.3) is 0 Å². The van der Waals surface area contributed by atoms with E-state index < -0.39 is 0 Å². The number of hydrogen-bond donors (Lipinski definition) is 0. The molecule has 0 aromatic heterocycles. The second-order valence-corrected chi connectivity index (χ2v) is 15.6. The molecule has 10 rings (SSSR count). The monoisotopic (exact) mass is 664 g/mol. The van der Waals surface area contributed by atoms with Gasteiger partial charge in [0.15, 0.2) is 0 Å². The van der Waals surface area contributed by atoms with Gasteiger partial charge in [-0.2, -0.15) is 0 Å². The Morgan fingerprint density at radius 2 is 0.769 bits per heavy atom. The van der Waals surface area contributed by atoms with E-state index >= 15 is 0 Å². The van der Waals surface area contributed by atoms with Crippen LogP contribution in [0.3, 0.4) is 0 Å². The Bertz CT molecular complexity index is 2900. The lowest BCUT2D eigenvalue weighted by Crippen LogP contribution is -2.16. The van der Waals surface area contributed by atoms with E-state index in [9.17, 15) is 0 Å². The van der Waals surface area contributed by atoms with Gasteiger partial charge in [-0.15, -0.1) is 0 Å². The van der Waals surface area contributed by atoms with Crippen LogP contribution in [0.15, 0.2) is 164 Å².